The smallest absolute Gasteiger partial charge is 0.265 e. The second kappa shape index (κ2) is 34.2. The highest BCUT2D eigenvalue weighted by molar-refractivity contribution is 6.21. The topological polar surface area (TPSA) is 174 Å². The summed E-state index contributed by atoms with van der Waals surface area (Å²) < 4.78 is 14.9. The summed E-state index contributed by atoms with van der Waals surface area (Å²) in [6.07, 6.45) is 9.86. The number of para-hydroxylation sites is 6. The molecule has 0 saturated carbocycles. The number of carbonyl (C=O) groups is 3. The molecule has 15 nitrogen and oxygen atoms in total. The highest BCUT2D eigenvalue weighted by Gasteiger charge is 2.42. The van der Waals surface area contributed by atoms with E-state index in [1.165, 1.54) is 138 Å². The SMILES string of the molecule is CC1(C)c2ccccc2-c2cc3c(cc21)c1ccccc1n3-c1ccc(-c2nnc(-c3ccccc3)o2)cc1.CC1(C)c2ccccc2-c2cc3c(cc21)c1ccccc1n3-c1ccc(C(=O)c2cccc3nccnc23)cc1.CC1(C)c2ccccc2-c2cc3c(cc21)c1ccccc1n3-c1ccc(C(=O)c2ccncc2)cc1.CC1(C)c2ccccc2-c2cc3c(cc21)c1ccccc1n3C(=O)c1cccc2nccnc12. The van der Waals surface area contributed by atoms with Gasteiger partial charge in [0, 0.05) is 147 Å². The molecule has 4 aliphatic rings. The van der Waals surface area contributed by atoms with Gasteiger partial charge < -0.3 is 18.1 Å². The third-order valence-electron chi connectivity index (χ3n) is 31.7. The first-order valence-corrected chi connectivity index (χ1v) is 50.6. The van der Waals surface area contributed by atoms with Crippen LogP contribution in [0, 0.1) is 0 Å². The van der Waals surface area contributed by atoms with Crippen LogP contribution in [-0.2, 0) is 21.7 Å². The van der Waals surface area contributed by atoms with E-state index in [4.69, 9.17) is 4.42 Å². The Morgan fingerprint density at radius 2 is 0.550 bits per heavy atom. The summed E-state index contributed by atoms with van der Waals surface area (Å²) in [7, 11) is 0. The summed E-state index contributed by atoms with van der Waals surface area (Å²) in [5.74, 6) is 0.885. The van der Waals surface area contributed by atoms with Crippen LogP contribution >= 0.6 is 0 Å². The van der Waals surface area contributed by atoms with E-state index in [0.717, 1.165) is 66.5 Å². The van der Waals surface area contributed by atoms with Crippen LogP contribution in [0.2, 0.25) is 0 Å². The first kappa shape index (κ1) is 89.0. The third kappa shape index (κ3) is 14.0. The summed E-state index contributed by atoms with van der Waals surface area (Å²) in [6.45, 7) is 18.5. The molecule has 8 aromatic heterocycles. The van der Waals surface area contributed by atoms with Crippen molar-refractivity contribution in [3.8, 4) is 84.5 Å². The summed E-state index contributed by atoms with van der Waals surface area (Å²) in [5, 5.41) is 18.2. The standard InChI is InChI=1S/C36H25N3O.C35H25N3O.C33H24N2O.C30H21N3O/c1-36(2)29-11-5-3-8-24(29)27-21-33-28(20-30(27)36)25-9-4-6-13-32(25)39(33)23-16-14-22(15-17-23)35(40)26-10-7-12-31-34(26)38-19-18-37-31;1-35(2)29-14-8-6-12-25(29)27-21-32-28(20-30(27)35)26-13-7-9-15-31(26)38(32)24-18-16-23(17-19-24)34-37-36-33(39-34)22-10-4-3-5-11-22;1-33(2)28-9-5-3-7-24(28)26-20-31-27(19-29(26)33)25-8-4-6-10-30(25)35(31)23-13-11-21(12-14-23)32(36)22-15-17-34-18-16-22;1-30(2)23-11-5-3-8-18(23)21-17-27-22(16-24(21)30)19-9-4-6-13-26(19)33(27)29(34)20-10-7-12-25-28(20)32-15-14-31-25/h3-21H,1-2H3;3-21H,1-2H3;3-20H,1-2H3;3-17H,1-2H3. The van der Waals surface area contributed by atoms with Crippen molar-refractivity contribution in [2.24, 2.45) is 0 Å². The van der Waals surface area contributed by atoms with E-state index in [2.05, 4.69) is 353 Å². The molecule has 0 spiro atoms. The van der Waals surface area contributed by atoms with Gasteiger partial charge in [-0.25, -0.2) is 0 Å². The van der Waals surface area contributed by atoms with Crippen LogP contribution in [-0.4, -0.2) is 70.9 Å². The maximum Gasteiger partial charge on any atom is 0.265 e. The number of carbonyl (C=O) groups excluding carboxylic acids is 3. The van der Waals surface area contributed by atoms with Gasteiger partial charge in [0.05, 0.1) is 71.8 Å². The first-order chi connectivity index (χ1) is 72.7. The summed E-state index contributed by atoms with van der Waals surface area (Å²) in [6, 6.07) is 136. The lowest BCUT2D eigenvalue weighted by Crippen LogP contribution is -2.15. The molecule has 0 aliphatic heterocycles. The predicted octanol–water partition coefficient (Wildman–Crippen LogP) is 31.5. The molecule has 4 aliphatic carbocycles. The predicted molar refractivity (Wildman–Crippen MR) is 601 cm³/mol. The van der Waals surface area contributed by atoms with Crippen LogP contribution < -0.4 is 0 Å². The van der Waals surface area contributed by atoms with E-state index < -0.39 is 0 Å². The van der Waals surface area contributed by atoms with Crippen LogP contribution in [0.3, 0.4) is 0 Å². The molecular formula is C134H95N11O4. The average Bonchev–Trinajstić information content (AvgIpc) is 1.56. The lowest BCUT2D eigenvalue weighted by atomic mass is 9.82. The zero-order chi connectivity index (χ0) is 101. The minimum Gasteiger partial charge on any atom is -0.416 e. The van der Waals surface area contributed by atoms with Crippen molar-refractivity contribution in [1.82, 2.24) is 53.4 Å². The van der Waals surface area contributed by atoms with Crippen molar-refractivity contribution in [3.63, 3.8) is 0 Å². The van der Waals surface area contributed by atoms with Gasteiger partial charge in [0.15, 0.2) is 11.6 Å². The molecule has 0 bridgehead atoms. The fourth-order valence-electron chi connectivity index (χ4n) is 24.3. The molecule has 710 valence electrons. The van der Waals surface area contributed by atoms with E-state index in [-0.39, 0.29) is 39.1 Å². The molecule has 0 N–H and O–H groups in total. The minimum absolute atomic E-state index is 0.00262. The molecule has 8 heterocycles. The van der Waals surface area contributed by atoms with Gasteiger partial charge in [0.2, 0.25) is 11.8 Å². The highest BCUT2D eigenvalue weighted by Crippen LogP contribution is 2.57. The van der Waals surface area contributed by atoms with Gasteiger partial charge in [-0.05, 0) is 283 Å². The Bertz CT molecular complexity index is 10100. The number of hydrogen-bond donors (Lipinski definition) is 0. The Morgan fingerprint density at radius 3 is 0.966 bits per heavy atom. The molecule has 0 unspecified atom stereocenters. The van der Waals surface area contributed by atoms with Crippen LogP contribution in [0.25, 0.3) is 194 Å². The van der Waals surface area contributed by atoms with Crippen molar-refractivity contribution in [3.05, 3.63) is 504 Å². The number of pyridine rings is 1. The number of nitrogens with zero attached hydrogens (tertiary/aromatic N) is 11. The quantitative estimate of drug-likeness (QED) is 0.119. The fourth-order valence-corrected chi connectivity index (χ4v) is 24.3. The number of rotatable bonds is 10. The number of benzene rings is 18. The van der Waals surface area contributed by atoms with E-state index in [0.29, 0.717) is 61.7 Å². The molecule has 0 amide bonds. The van der Waals surface area contributed by atoms with Gasteiger partial charge in [-0.3, -0.25) is 43.9 Å². The van der Waals surface area contributed by atoms with Crippen LogP contribution in [0.1, 0.15) is 142 Å². The molecule has 30 rings (SSSR count). The van der Waals surface area contributed by atoms with Crippen LogP contribution in [0.4, 0.5) is 0 Å². The number of ketones is 2. The second-order valence-corrected chi connectivity index (χ2v) is 41.3. The molecule has 18 aromatic carbocycles. The lowest BCUT2D eigenvalue weighted by molar-refractivity contribution is 0.0969. The molecule has 0 atom stereocenters. The summed E-state index contributed by atoms with van der Waals surface area (Å²) in [5.41, 5.74) is 40.5. The largest absolute Gasteiger partial charge is 0.416 e. The third-order valence-corrected chi connectivity index (χ3v) is 31.7. The Balaban J connectivity index is 0.0000000981. The van der Waals surface area contributed by atoms with Crippen molar-refractivity contribution in [2.75, 3.05) is 0 Å². The summed E-state index contributed by atoms with van der Waals surface area (Å²) in [4.78, 5) is 62.2. The first-order valence-electron chi connectivity index (χ1n) is 50.6. The van der Waals surface area contributed by atoms with E-state index in [9.17, 15) is 14.4 Å². The van der Waals surface area contributed by atoms with Crippen molar-refractivity contribution < 1.29 is 18.8 Å². The monoisotopic (exact) mass is 1920 g/mol. The van der Waals surface area contributed by atoms with Gasteiger partial charge in [-0.15, -0.1) is 10.2 Å². The van der Waals surface area contributed by atoms with Gasteiger partial charge in [0.1, 0.15) is 5.52 Å². The molecule has 149 heavy (non-hydrogen) atoms. The normalized spacial score (nSPS) is 13.7. The second-order valence-electron chi connectivity index (χ2n) is 41.3. The Kier molecular flexibility index (Phi) is 20.4. The fraction of sp³-hybridized carbons (Fsp3) is 0.0896. The number of aromatic nitrogens is 11. The van der Waals surface area contributed by atoms with Crippen LogP contribution in [0.15, 0.2) is 436 Å². The molecule has 0 fully saturated rings. The maximum atomic E-state index is 14.1. The van der Waals surface area contributed by atoms with Gasteiger partial charge in [-0.2, -0.15) is 0 Å². The Hall–Kier alpha value is -18.9. The molecule has 15 heteroatoms. The van der Waals surface area contributed by atoms with Crippen molar-refractivity contribution >= 4 is 127 Å². The highest BCUT2D eigenvalue weighted by atomic mass is 16.4. The Morgan fingerprint density at radius 1 is 0.235 bits per heavy atom. The molecule has 0 radical (unpaired) electrons. The van der Waals surface area contributed by atoms with Gasteiger partial charge in [-0.1, -0.05) is 256 Å². The average molecular weight is 1920 g/mol. The van der Waals surface area contributed by atoms with Crippen molar-refractivity contribution in [1.29, 1.82) is 0 Å². The van der Waals surface area contributed by atoms with Gasteiger partial charge >= 0.3 is 0 Å². The van der Waals surface area contributed by atoms with Crippen LogP contribution in [0.5, 0.6) is 0 Å². The van der Waals surface area contributed by atoms with Crippen molar-refractivity contribution in [2.45, 2.75) is 77.0 Å². The number of fused-ring (bicyclic) bond motifs is 26. The lowest BCUT2D eigenvalue weighted by Gasteiger charge is -2.21. The Labute approximate surface area is 858 Å². The zero-order valence-corrected chi connectivity index (χ0v) is 83.0. The minimum atomic E-state index is -0.0987. The maximum absolute atomic E-state index is 14.1. The number of hydrogen-bond acceptors (Lipinski definition) is 11. The van der Waals surface area contributed by atoms with Gasteiger partial charge in [0.25, 0.3) is 5.91 Å². The molecule has 0 saturated heterocycles. The molecular weight excluding hydrogens is 1830 g/mol. The van der Waals surface area contributed by atoms with E-state index in [1.807, 2.05) is 138 Å². The van der Waals surface area contributed by atoms with E-state index >= 15 is 0 Å². The summed E-state index contributed by atoms with van der Waals surface area (Å²) >= 11 is 0. The van der Waals surface area contributed by atoms with E-state index in [1.54, 1.807) is 49.3 Å². The molecule has 26 aromatic rings. The zero-order valence-electron chi connectivity index (χ0n) is 83.0.